The van der Waals surface area contributed by atoms with Gasteiger partial charge in [-0.3, -0.25) is 14.4 Å². The number of hydrogen-bond donors (Lipinski definition) is 1. The van der Waals surface area contributed by atoms with E-state index in [0.29, 0.717) is 5.69 Å². The van der Waals surface area contributed by atoms with Crippen molar-refractivity contribution in [3.63, 3.8) is 0 Å². The van der Waals surface area contributed by atoms with Crippen molar-refractivity contribution >= 4 is 29.2 Å². The summed E-state index contributed by atoms with van der Waals surface area (Å²) >= 11 is 0. The number of benzene rings is 1. The van der Waals surface area contributed by atoms with Gasteiger partial charge in [0.2, 0.25) is 11.8 Å². The fraction of sp³-hybridized carbons (Fsp3) is 0.357. The fourth-order valence-corrected chi connectivity index (χ4v) is 1.50. The molecular weight excluding hydrogens is 260 g/mol. The molecular formula is C14H18N2O4. The summed E-state index contributed by atoms with van der Waals surface area (Å²) in [5.74, 6) is -1.07. The molecule has 1 N–H and O–H groups in total. The lowest BCUT2D eigenvalue weighted by Gasteiger charge is -2.15. The lowest BCUT2D eigenvalue weighted by Crippen LogP contribution is -2.22. The molecule has 20 heavy (non-hydrogen) atoms. The predicted molar refractivity (Wildman–Crippen MR) is 75.4 cm³/mol. The quantitative estimate of drug-likeness (QED) is 0.655. The van der Waals surface area contributed by atoms with Crippen molar-refractivity contribution in [2.75, 3.05) is 23.9 Å². The molecule has 6 heteroatoms. The number of nitrogens with zero attached hydrogens (tertiary/aromatic N) is 1. The van der Waals surface area contributed by atoms with Gasteiger partial charge in [-0.1, -0.05) is 0 Å². The van der Waals surface area contributed by atoms with E-state index in [1.165, 1.54) is 11.8 Å². The van der Waals surface area contributed by atoms with Crippen LogP contribution in [0.4, 0.5) is 11.4 Å². The standard InChI is InChI=1S/C14H18N2O4/c1-4-20-14(19)9-13(18)15-11-5-7-12(8-6-11)16(3)10(2)17/h5-8H,4,9H2,1-3H3,(H,15,18). The average molecular weight is 278 g/mol. The van der Waals surface area contributed by atoms with Gasteiger partial charge in [-0.25, -0.2) is 0 Å². The van der Waals surface area contributed by atoms with Crippen molar-refractivity contribution in [3.8, 4) is 0 Å². The molecule has 2 amide bonds. The molecule has 0 spiro atoms. The lowest BCUT2D eigenvalue weighted by molar-refractivity contribution is -0.145. The maximum atomic E-state index is 11.5. The lowest BCUT2D eigenvalue weighted by atomic mass is 10.2. The third-order valence-corrected chi connectivity index (χ3v) is 2.62. The van der Waals surface area contributed by atoms with E-state index in [9.17, 15) is 14.4 Å². The van der Waals surface area contributed by atoms with Crippen LogP contribution in [0.15, 0.2) is 24.3 Å². The highest BCUT2D eigenvalue weighted by Crippen LogP contribution is 2.17. The Balaban J connectivity index is 2.59. The molecule has 6 nitrogen and oxygen atoms in total. The van der Waals surface area contributed by atoms with Gasteiger partial charge in [0.25, 0.3) is 0 Å². The molecule has 0 heterocycles. The van der Waals surface area contributed by atoms with Crippen LogP contribution in [0.1, 0.15) is 20.3 Å². The molecule has 0 saturated heterocycles. The smallest absolute Gasteiger partial charge is 0.315 e. The summed E-state index contributed by atoms with van der Waals surface area (Å²) in [6.07, 6.45) is -0.317. The molecule has 0 aliphatic carbocycles. The molecule has 0 aliphatic rings. The third kappa shape index (κ3) is 4.72. The van der Waals surface area contributed by atoms with Crippen molar-refractivity contribution in [1.82, 2.24) is 0 Å². The number of ether oxygens (including phenoxy) is 1. The molecule has 0 saturated carbocycles. The number of amides is 2. The van der Waals surface area contributed by atoms with Crippen LogP contribution < -0.4 is 10.2 Å². The summed E-state index contributed by atoms with van der Waals surface area (Å²) in [6.45, 7) is 3.40. The zero-order valence-electron chi connectivity index (χ0n) is 11.8. The Hall–Kier alpha value is -2.37. The highest BCUT2D eigenvalue weighted by atomic mass is 16.5. The maximum absolute atomic E-state index is 11.5. The summed E-state index contributed by atoms with van der Waals surface area (Å²) in [4.78, 5) is 35.4. The van der Waals surface area contributed by atoms with Gasteiger partial charge in [0.15, 0.2) is 0 Å². The Morgan fingerprint density at radius 2 is 1.80 bits per heavy atom. The summed E-state index contributed by atoms with van der Waals surface area (Å²) in [7, 11) is 1.66. The minimum atomic E-state index is -0.557. The molecule has 0 fully saturated rings. The molecule has 0 unspecified atom stereocenters. The van der Waals surface area contributed by atoms with Gasteiger partial charge in [-0.2, -0.15) is 0 Å². The molecule has 0 aliphatic heterocycles. The van der Waals surface area contributed by atoms with E-state index in [0.717, 1.165) is 5.69 Å². The zero-order valence-corrected chi connectivity index (χ0v) is 11.8. The second kappa shape index (κ2) is 7.28. The fourth-order valence-electron chi connectivity index (χ4n) is 1.50. The summed E-state index contributed by atoms with van der Waals surface area (Å²) in [5, 5.41) is 2.58. The van der Waals surface area contributed by atoms with Gasteiger partial charge >= 0.3 is 5.97 Å². The van der Waals surface area contributed by atoms with E-state index in [4.69, 9.17) is 0 Å². The molecule has 0 bridgehead atoms. The Morgan fingerprint density at radius 1 is 1.20 bits per heavy atom. The van der Waals surface area contributed by atoms with E-state index >= 15 is 0 Å². The number of rotatable bonds is 5. The zero-order chi connectivity index (χ0) is 15.1. The number of esters is 1. The van der Waals surface area contributed by atoms with Crippen LogP contribution in [-0.2, 0) is 19.1 Å². The van der Waals surface area contributed by atoms with Gasteiger partial charge in [-0.15, -0.1) is 0 Å². The van der Waals surface area contributed by atoms with Crippen LogP contribution in [0.5, 0.6) is 0 Å². The number of carbonyl (C=O) groups excluding carboxylic acids is 3. The Kier molecular flexibility index (Phi) is 5.71. The first-order chi connectivity index (χ1) is 9.43. The molecule has 0 atom stereocenters. The SMILES string of the molecule is CCOC(=O)CC(=O)Nc1ccc(N(C)C(C)=O)cc1. The van der Waals surface area contributed by atoms with Gasteiger partial charge in [0, 0.05) is 25.3 Å². The number of nitrogens with one attached hydrogen (secondary N) is 1. The van der Waals surface area contributed by atoms with Crippen LogP contribution in [0.2, 0.25) is 0 Å². The maximum Gasteiger partial charge on any atom is 0.315 e. The molecule has 1 rings (SSSR count). The van der Waals surface area contributed by atoms with E-state index in [-0.39, 0.29) is 18.9 Å². The Labute approximate surface area is 117 Å². The van der Waals surface area contributed by atoms with Crippen LogP contribution >= 0.6 is 0 Å². The molecule has 1 aromatic rings. The first-order valence-corrected chi connectivity index (χ1v) is 6.24. The molecule has 1 aromatic carbocycles. The van der Waals surface area contributed by atoms with Crippen LogP contribution in [0.25, 0.3) is 0 Å². The molecule has 108 valence electrons. The van der Waals surface area contributed by atoms with Crippen LogP contribution in [0.3, 0.4) is 0 Å². The summed E-state index contributed by atoms with van der Waals surface area (Å²) in [6, 6.07) is 6.75. The van der Waals surface area contributed by atoms with Gasteiger partial charge in [0.1, 0.15) is 6.42 Å². The Bertz CT molecular complexity index is 496. The second-order valence-electron chi connectivity index (χ2n) is 4.15. The molecule has 0 radical (unpaired) electrons. The largest absolute Gasteiger partial charge is 0.466 e. The Morgan fingerprint density at radius 3 is 2.30 bits per heavy atom. The van der Waals surface area contributed by atoms with Gasteiger partial charge in [0.05, 0.1) is 6.61 Å². The van der Waals surface area contributed by atoms with E-state index < -0.39 is 11.9 Å². The van der Waals surface area contributed by atoms with Crippen molar-refractivity contribution < 1.29 is 19.1 Å². The minimum Gasteiger partial charge on any atom is -0.466 e. The van der Waals surface area contributed by atoms with E-state index in [1.54, 1.807) is 38.2 Å². The van der Waals surface area contributed by atoms with Crippen molar-refractivity contribution in [1.29, 1.82) is 0 Å². The first-order valence-electron chi connectivity index (χ1n) is 6.24. The van der Waals surface area contributed by atoms with Gasteiger partial charge < -0.3 is 15.0 Å². The van der Waals surface area contributed by atoms with Crippen molar-refractivity contribution in [3.05, 3.63) is 24.3 Å². The summed E-state index contributed by atoms with van der Waals surface area (Å²) < 4.78 is 4.68. The first kappa shape index (κ1) is 15.7. The predicted octanol–water partition coefficient (Wildman–Crippen LogP) is 1.56. The van der Waals surface area contributed by atoms with Gasteiger partial charge in [-0.05, 0) is 31.2 Å². The third-order valence-electron chi connectivity index (χ3n) is 2.62. The second-order valence-corrected chi connectivity index (χ2v) is 4.15. The monoisotopic (exact) mass is 278 g/mol. The number of hydrogen-bond acceptors (Lipinski definition) is 4. The van der Waals surface area contributed by atoms with Crippen molar-refractivity contribution in [2.45, 2.75) is 20.3 Å². The minimum absolute atomic E-state index is 0.0795. The van der Waals surface area contributed by atoms with Crippen LogP contribution in [0, 0.1) is 0 Å². The van der Waals surface area contributed by atoms with E-state index in [1.807, 2.05) is 0 Å². The highest BCUT2D eigenvalue weighted by Gasteiger charge is 2.11. The molecule has 0 aromatic heterocycles. The van der Waals surface area contributed by atoms with Crippen molar-refractivity contribution in [2.24, 2.45) is 0 Å². The number of carbonyl (C=O) groups is 3. The normalized spacial score (nSPS) is 9.75. The average Bonchev–Trinajstić information content (AvgIpc) is 2.38. The number of anilines is 2. The summed E-state index contributed by atoms with van der Waals surface area (Å²) in [5.41, 5.74) is 1.28. The topological polar surface area (TPSA) is 75.7 Å². The van der Waals surface area contributed by atoms with Crippen LogP contribution in [-0.4, -0.2) is 31.4 Å². The highest BCUT2D eigenvalue weighted by molar-refractivity contribution is 6.02. The van der Waals surface area contributed by atoms with E-state index in [2.05, 4.69) is 10.1 Å².